The molecule has 4 nitrogen and oxygen atoms in total. The minimum atomic E-state index is -0.464. The average molecular weight is 257 g/mol. The summed E-state index contributed by atoms with van der Waals surface area (Å²) in [6.45, 7) is 1.89. The van der Waals surface area contributed by atoms with E-state index in [0.717, 1.165) is 25.4 Å². The highest BCUT2D eigenvalue weighted by Gasteiger charge is 2.31. The first-order chi connectivity index (χ1) is 8.74. The zero-order valence-electron chi connectivity index (χ0n) is 11.2. The first-order valence-corrected chi connectivity index (χ1v) is 7.36. The van der Waals surface area contributed by atoms with E-state index < -0.39 is 6.10 Å². The van der Waals surface area contributed by atoms with E-state index in [0.29, 0.717) is 13.2 Å². The standard InChI is InChI=1S/C14H27NO3/c16-11-14(6-2-1-3-7-14)15-8-13(17)10-18-9-12-4-5-12/h12-13,15-17H,1-11H2. The van der Waals surface area contributed by atoms with Crippen LogP contribution >= 0.6 is 0 Å². The molecule has 0 aromatic carbocycles. The Morgan fingerprint density at radius 2 is 1.94 bits per heavy atom. The van der Waals surface area contributed by atoms with Gasteiger partial charge in [-0.3, -0.25) is 0 Å². The summed E-state index contributed by atoms with van der Waals surface area (Å²) in [7, 11) is 0. The van der Waals surface area contributed by atoms with Gasteiger partial charge in [0.05, 0.1) is 19.3 Å². The van der Waals surface area contributed by atoms with Crippen LogP contribution < -0.4 is 5.32 Å². The van der Waals surface area contributed by atoms with E-state index in [1.807, 2.05) is 0 Å². The molecule has 0 bridgehead atoms. The fourth-order valence-corrected chi connectivity index (χ4v) is 2.67. The first-order valence-electron chi connectivity index (χ1n) is 7.36. The normalized spacial score (nSPS) is 25.0. The number of nitrogens with one attached hydrogen (secondary N) is 1. The minimum Gasteiger partial charge on any atom is -0.394 e. The maximum Gasteiger partial charge on any atom is 0.0897 e. The quantitative estimate of drug-likeness (QED) is 0.608. The summed E-state index contributed by atoms with van der Waals surface area (Å²) < 4.78 is 5.47. The summed E-state index contributed by atoms with van der Waals surface area (Å²) in [5.41, 5.74) is -0.157. The number of rotatable bonds is 8. The lowest BCUT2D eigenvalue weighted by molar-refractivity contribution is 0.0218. The predicted molar refractivity (Wildman–Crippen MR) is 70.5 cm³/mol. The molecule has 0 aromatic heterocycles. The summed E-state index contributed by atoms with van der Waals surface area (Å²) in [6, 6.07) is 0. The van der Waals surface area contributed by atoms with Gasteiger partial charge in [0, 0.05) is 18.7 Å². The number of aliphatic hydroxyl groups is 2. The van der Waals surface area contributed by atoms with Gasteiger partial charge in [-0.15, -0.1) is 0 Å². The SMILES string of the molecule is OCC1(NCC(O)COCC2CC2)CCCCC1. The summed E-state index contributed by atoms with van der Waals surface area (Å²) in [5.74, 6) is 0.743. The molecule has 2 aliphatic rings. The molecule has 1 atom stereocenters. The van der Waals surface area contributed by atoms with E-state index in [2.05, 4.69) is 5.32 Å². The van der Waals surface area contributed by atoms with Gasteiger partial charge in [-0.05, 0) is 31.6 Å². The molecule has 1 unspecified atom stereocenters. The van der Waals surface area contributed by atoms with Crippen molar-refractivity contribution in [3.05, 3.63) is 0 Å². The van der Waals surface area contributed by atoms with E-state index in [1.54, 1.807) is 0 Å². The van der Waals surface area contributed by atoms with E-state index in [-0.39, 0.29) is 12.1 Å². The number of ether oxygens (including phenoxy) is 1. The molecule has 3 N–H and O–H groups in total. The van der Waals surface area contributed by atoms with Crippen LogP contribution in [0.5, 0.6) is 0 Å². The molecule has 18 heavy (non-hydrogen) atoms. The van der Waals surface area contributed by atoms with Crippen molar-refractivity contribution in [1.29, 1.82) is 0 Å². The van der Waals surface area contributed by atoms with Crippen LogP contribution in [0.15, 0.2) is 0 Å². The van der Waals surface area contributed by atoms with Gasteiger partial charge in [0.15, 0.2) is 0 Å². The molecule has 0 radical (unpaired) electrons. The molecular formula is C14H27NO3. The second kappa shape index (κ2) is 6.85. The van der Waals surface area contributed by atoms with E-state index >= 15 is 0 Å². The smallest absolute Gasteiger partial charge is 0.0897 e. The summed E-state index contributed by atoms with van der Waals surface area (Å²) in [4.78, 5) is 0. The molecule has 2 rings (SSSR count). The van der Waals surface area contributed by atoms with Crippen LogP contribution in [0, 0.1) is 5.92 Å². The monoisotopic (exact) mass is 257 g/mol. The van der Waals surface area contributed by atoms with Crippen molar-refractivity contribution in [1.82, 2.24) is 5.32 Å². The minimum absolute atomic E-state index is 0.157. The Hall–Kier alpha value is -0.160. The van der Waals surface area contributed by atoms with Gasteiger partial charge < -0.3 is 20.3 Å². The van der Waals surface area contributed by atoms with E-state index in [4.69, 9.17) is 4.74 Å². The number of hydrogen-bond acceptors (Lipinski definition) is 4. The topological polar surface area (TPSA) is 61.7 Å². The van der Waals surface area contributed by atoms with Gasteiger partial charge >= 0.3 is 0 Å². The van der Waals surface area contributed by atoms with Gasteiger partial charge in [-0.25, -0.2) is 0 Å². The molecule has 0 saturated heterocycles. The lowest BCUT2D eigenvalue weighted by atomic mass is 9.82. The van der Waals surface area contributed by atoms with Gasteiger partial charge in [0.1, 0.15) is 0 Å². The van der Waals surface area contributed by atoms with Gasteiger partial charge in [0.25, 0.3) is 0 Å². The van der Waals surface area contributed by atoms with Crippen molar-refractivity contribution in [3.63, 3.8) is 0 Å². The Kier molecular flexibility index (Phi) is 5.42. The maximum atomic E-state index is 9.85. The summed E-state index contributed by atoms with van der Waals surface area (Å²) >= 11 is 0. The number of β-amino-alcohol motifs (C(OH)–C–C–N with tert-alkyl or cyclic N) is 1. The van der Waals surface area contributed by atoms with Crippen molar-refractivity contribution in [2.45, 2.75) is 56.6 Å². The fourth-order valence-electron chi connectivity index (χ4n) is 2.67. The molecule has 2 saturated carbocycles. The zero-order valence-corrected chi connectivity index (χ0v) is 11.2. The lowest BCUT2D eigenvalue weighted by Crippen LogP contribution is -2.52. The Morgan fingerprint density at radius 1 is 1.22 bits per heavy atom. The van der Waals surface area contributed by atoms with Crippen LogP contribution in [-0.2, 0) is 4.74 Å². The van der Waals surface area contributed by atoms with E-state index in [1.165, 1.54) is 32.1 Å². The van der Waals surface area contributed by atoms with Gasteiger partial charge in [-0.2, -0.15) is 0 Å². The van der Waals surface area contributed by atoms with Crippen LogP contribution in [-0.4, -0.2) is 48.2 Å². The predicted octanol–water partition coefficient (Wildman–Crippen LogP) is 1.06. The Labute approximate surface area is 110 Å². The van der Waals surface area contributed by atoms with Crippen LogP contribution in [0.3, 0.4) is 0 Å². The average Bonchev–Trinajstić information content (AvgIpc) is 3.22. The van der Waals surface area contributed by atoms with Crippen molar-refractivity contribution < 1.29 is 14.9 Å². The highest BCUT2D eigenvalue weighted by atomic mass is 16.5. The van der Waals surface area contributed by atoms with Crippen LogP contribution in [0.1, 0.15) is 44.9 Å². The fraction of sp³-hybridized carbons (Fsp3) is 1.00. The maximum absolute atomic E-state index is 9.85. The Morgan fingerprint density at radius 3 is 2.56 bits per heavy atom. The molecule has 4 heteroatoms. The molecule has 0 spiro atoms. The second-order valence-electron chi connectivity index (χ2n) is 6.01. The van der Waals surface area contributed by atoms with Crippen molar-refractivity contribution in [2.75, 3.05) is 26.4 Å². The number of aliphatic hydroxyl groups excluding tert-OH is 2. The van der Waals surface area contributed by atoms with Crippen molar-refractivity contribution in [3.8, 4) is 0 Å². The van der Waals surface area contributed by atoms with Crippen LogP contribution in [0.25, 0.3) is 0 Å². The van der Waals surface area contributed by atoms with Gasteiger partial charge in [0.2, 0.25) is 0 Å². The molecular weight excluding hydrogens is 230 g/mol. The Bertz CT molecular complexity index is 237. The number of hydrogen-bond donors (Lipinski definition) is 3. The molecule has 2 fully saturated rings. The third-order valence-corrected chi connectivity index (χ3v) is 4.19. The van der Waals surface area contributed by atoms with Crippen molar-refractivity contribution in [2.24, 2.45) is 5.92 Å². The third-order valence-electron chi connectivity index (χ3n) is 4.19. The van der Waals surface area contributed by atoms with E-state index in [9.17, 15) is 10.2 Å². The highest BCUT2D eigenvalue weighted by molar-refractivity contribution is 4.90. The van der Waals surface area contributed by atoms with Gasteiger partial charge in [-0.1, -0.05) is 19.3 Å². The molecule has 0 heterocycles. The van der Waals surface area contributed by atoms with Crippen LogP contribution in [0.2, 0.25) is 0 Å². The lowest BCUT2D eigenvalue weighted by Gasteiger charge is -2.37. The highest BCUT2D eigenvalue weighted by Crippen LogP contribution is 2.29. The molecule has 106 valence electrons. The summed E-state index contributed by atoms with van der Waals surface area (Å²) in [6.07, 6.45) is 7.72. The zero-order chi connectivity index (χ0) is 12.8. The molecule has 0 aromatic rings. The first kappa shape index (κ1) is 14.3. The van der Waals surface area contributed by atoms with Crippen molar-refractivity contribution >= 4 is 0 Å². The molecule has 2 aliphatic carbocycles. The largest absolute Gasteiger partial charge is 0.394 e. The molecule has 0 amide bonds. The molecule has 0 aliphatic heterocycles. The van der Waals surface area contributed by atoms with Crippen LogP contribution in [0.4, 0.5) is 0 Å². The third kappa shape index (κ3) is 4.50. The second-order valence-corrected chi connectivity index (χ2v) is 6.01. The Balaban J connectivity index is 1.61. The summed E-state index contributed by atoms with van der Waals surface area (Å²) in [5, 5.41) is 22.7.